The van der Waals surface area contributed by atoms with E-state index in [1.165, 1.54) is 37.7 Å². The van der Waals surface area contributed by atoms with Crippen molar-refractivity contribution >= 4 is 0 Å². The number of ether oxygens (including phenoxy) is 2. The molecule has 1 N–H and O–H groups in total. The van der Waals surface area contributed by atoms with E-state index < -0.39 is 0 Å². The van der Waals surface area contributed by atoms with E-state index >= 15 is 0 Å². The summed E-state index contributed by atoms with van der Waals surface area (Å²) < 4.78 is 11.4. The normalized spacial score (nSPS) is 26.0. The van der Waals surface area contributed by atoms with Crippen LogP contribution in [-0.2, 0) is 6.54 Å². The highest BCUT2D eigenvalue weighted by Gasteiger charge is 2.16. The minimum Gasteiger partial charge on any atom is -0.490 e. The fourth-order valence-electron chi connectivity index (χ4n) is 3.27. The van der Waals surface area contributed by atoms with Crippen molar-refractivity contribution in [3.05, 3.63) is 23.8 Å². The molecule has 0 saturated heterocycles. The molecule has 116 valence electrons. The van der Waals surface area contributed by atoms with E-state index in [0.29, 0.717) is 6.04 Å². The number of rotatable bonds is 3. The van der Waals surface area contributed by atoms with Gasteiger partial charge in [0.1, 0.15) is 0 Å². The topological polar surface area (TPSA) is 30.5 Å². The molecule has 0 spiro atoms. The van der Waals surface area contributed by atoms with E-state index in [9.17, 15) is 0 Å². The van der Waals surface area contributed by atoms with Crippen LogP contribution in [0.2, 0.25) is 0 Å². The van der Waals surface area contributed by atoms with Gasteiger partial charge in [-0.25, -0.2) is 0 Å². The maximum atomic E-state index is 5.76. The molecule has 1 aromatic carbocycles. The SMILES string of the molecule is CC1CCCC(NCc2ccc3c(c2)OCCCO3)CC1. The second kappa shape index (κ2) is 7.17. The van der Waals surface area contributed by atoms with Crippen molar-refractivity contribution in [3.63, 3.8) is 0 Å². The Morgan fingerprint density at radius 3 is 2.76 bits per heavy atom. The van der Waals surface area contributed by atoms with Gasteiger partial charge in [-0.05, 0) is 42.9 Å². The molecule has 0 bridgehead atoms. The molecule has 1 saturated carbocycles. The van der Waals surface area contributed by atoms with Crippen molar-refractivity contribution in [1.29, 1.82) is 0 Å². The summed E-state index contributed by atoms with van der Waals surface area (Å²) in [5, 5.41) is 3.72. The maximum absolute atomic E-state index is 5.76. The molecule has 2 unspecified atom stereocenters. The van der Waals surface area contributed by atoms with Crippen LogP contribution in [0, 0.1) is 5.92 Å². The van der Waals surface area contributed by atoms with Crippen LogP contribution in [0.1, 0.15) is 51.0 Å². The Hall–Kier alpha value is -1.22. The van der Waals surface area contributed by atoms with E-state index in [-0.39, 0.29) is 0 Å². The van der Waals surface area contributed by atoms with Crippen molar-refractivity contribution in [2.24, 2.45) is 5.92 Å². The Morgan fingerprint density at radius 2 is 1.86 bits per heavy atom. The van der Waals surface area contributed by atoms with Crippen LogP contribution in [0.4, 0.5) is 0 Å². The zero-order valence-electron chi connectivity index (χ0n) is 13.1. The molecule has 1 heterocycles. The second-order valence-corrected chi connectivity index (χ2v) is 6.52. The van der Waals surface area contributed by atoms with Crippen molar-refractivity contribution in [3.8, 4) is 11.5 Å². The Morgan fingerprint density at radius 1 is 1.00 bits per heavy atom. The first-order valence-electron chi connectivity index (χ1n) is 8.43. The Balaban J connectivity index is 1.56. The molecular weight excluding hydrogens is 262 g/mol. The van der Waals surface area contributed by atoms with Crippen LogP contribution in [0.5, 0.6) is 11.5 Å². The third-order valence-electron chi connectivity index (χ3n) is 4.66. The average Bonchev–Trinajstić information content (AvgIpc) is 2.85. The summed E-state index contributed by atoms with van der Waals surface area (Å²) in [7, 11) is 0. The van der Waals surface area contributed by atoms with E-state index in [2.05, 4.69) is 24.4 Å². The van der Waals surface area contributed by atoms with Crippen LogP contribution in [0.15, 0.2) is 18.2 Å². The summed E-state index contributed by atoms with van der Waals surface area (Å²) in [6, 6.07) is 7.01. The van der Waals surface area contributed by atoms with Gasteiger partial charge >= 0.3 is 0 Å². The molecule has 0 radical (unpaired) electrons. The monoisotopic (exact) mass is 289 g/mol. The predicted octanol–water partition coefficient (Wildman–Crippen LogP) is 3.91. The van der Waals surface area contributed by atoms with Crippen LogP contribution in [-0.4, -0.2) is 19.3 Å². The average molecular weight is 289 g/mol. The van der Waals surface area contributed by atoms with Crippen molar-refractivity contribution < 1.29 is 9.47 Å². The molecule has 3 heteroatoms. The minimum absolute atomic E-state index is 0.672. The molecule has 1 fully saturated rings. The molecule has 3 nitrogen and oxygen atoms in total. The van der Waals surface area contributed by atoms with E-state index in [4.69, 9.17) is 9.47 Å². The Labute approximate surface area is 128 Å². The number of nitrogens with one attached hydrogen (secondary N) is 1. The number of benzene rings is 1. The molecule has 2 aliphatic rings. The molecule has 21 heavy (non-hydrogen) atoms. The molecule has 0 aromatic heterocycles. The van der Waals surface area contributed by atoms with Crippen LogP contribution < -0.4 is 14.8 Å². The van der Waals surface area contributed by atoms with Gasteiger partial charge in [0.05, 0.1) is 13.2 Å². The molecule has 2 atom stereocenters. The van der Waals surface area contributed by atoms with Gasteiger partial charge in [-0.3, -0.25) is 0 Å². The summed E-state index contributed by atoms with van der Waals surface area (Å²) in [5.74, 6) is 2.69. The third kappa shape index (κ3) is 4.13. The summed E-state index contributed by atoms with van der Waals surface area (Å²) >= 11 is 0. The highest BCUT2D eigenvalue weighted by Crippen LogP contribution is 2.30. The molecule has 1 aromatic rings. The number of fused-ring (bicyclic) bond motifs is 1. The van der Waals surface area contributed by atoms with Gasteiger partial charge in [-0.2, -0.15) is 0 Å². The van der Waals surface area contributed by atoms with Crippen LogP contribution >= 0.6 is 0 Å². The summed E-state index contributed by atoms with van der Waals surface area (Å²) in [6.45, 7) is 4.82. The highest BCUT2D eigenvalue weighted by atomic mass is 16.5. The third-order valence-corrected chi connectivity index (χ3v) is 4.66. The molecule has 0 amide bonds. The van der Waals surface area contributed by atoms with Gasteiger partial charge in [0.15, 0.2) is 11.5 Å². The highest BCUT2D eigenvalue weighted by molar-refractivity contribution is 5.43. The van der Waals surface area contributed by atoms with Gasteiger partial charge in [-0.15, -0.1) is 0 Å². The van der Waals surface area contributed by atoms with Crippen molar-refractivity contribution in [1.82, 2.24) is 5.32 Å². The van der Waals surface area contributed by atoms with Gasteiger partial charge in [0.2, 0.25) is 0 Å². The lowest BCUT2D eigenvalue weighted by atomic mass is 10.0. The van der Waals surface area contributed by atoms with Crippen molar-refractivity contribution in [2.45, 2.75) is 58.0 Å². The van der Waals surface area contributed by atoms with Gasteiger partial charge < -0.3 is 14.8 Å². The molecule has 1 aliphatic heterocycles. The molecular formula is C18H27NO2. The van der Waals surface area contributed by atoms with E-state index in [0.717, 1.165) is 43.6 Å². The lowest BCUT2D eigenvalue weighted by Crippen LogP contribution is -2.27. The van der Waals surface area contributed by atoms with E-state index in [1.54, 1.807) is 0 Å². The van der Waals surface area contributed by atoms with Gasteiger partial charge in [-0.1, -0.05) is 25.8 Å². The summed E-state index contributed by atoms with van der Waals surface area (Å²) in [5.41, 5.74) is 1.29. The summed E-state index contributed by atoms with van der Waals surface area (Å²) in [6.07, 6.45) is 7.70. The van der Waals surface area contributed by atoms with Gasteiger partial charge in [0, 0.05) is 19.0 Å². The van der Waals surface area contributed by atoms with Crippen LogP contribution in [0.25, 0.3) is 0 Å². The van der Waals surface area contributed by atoms with E-state index in [1.807, 2.05) is 6.07 Å². The first kappa shape index (κ1) is 14.7. The first-order chi connectivity index (χ1) is 10.3. The Bertz CT molecular complexity index is 461. The standard InChI is InChI=1S/C18H27NO2/c1-14-4-2-5-16(8-6-14)19-13-15-7-9-17-18(12-15)21-11-3-10-20-17/h7,9,12,14,16,19H,2-6,8,10-11,13H2,1H3. The smallest absolute Gasteiger partial charge is 0.161 e. The fourth-order valence-corrected chi connectivity index (χ4v) is 3.27. The Kier molecular flexibility index (Phi) is 5.02. The first-order valence-corrected chi connectivity index (χ1v) is 8.43. The quantitative estimate of drug-likeness (QED) is 0.856. The lowest BCUT2D eigenvalue weighted by Gasteiger charge is -2.17. The summed E-state index contributed by atoms with van der Waals surface area (Å²) in [4.78, 5) is 0. The zero-order valence-corrected chi connectivity index (χ0v) is 13.1. The van der Waals surface area contributed by atoms with Gasteiger partial charge in [0.25, 0.3) is 0 Å². The molecule has 3 rings (SSSR count). The zero-order chi connectivity index (χ0) is 14.5. The predicted molar refractivity (Wildman–Crippen MR) is 84.9 cm³/mol. The maximum Gasteiger partial charge on any atom is 0.161 e. The molecule has 1 aliphatic carbocycles. The minimum atomic E-state index is 0.672. The van der Waals surface area contributed by atoms with Crippen LogP contribution in [0.3, 0.4) is 0 Å². The lowest BCUT2D eigenvalue weighted by molar-refractivity contribution is 0.297. The number of hydrogen-bond donors (Lipinski definition) is 1. The second-order valence-electron chi connectivity index (χ2n) is 6.52. The van der Waals surface area contributed by atoms with Crippen molar-refractivity contribution in [2.75, 3.05) is 13.2 Å². The largest absolute Gasteiger partial charge is 0.490 e. The fraction of sp³-hybridized carbons (Fsp3) is 0.667. The number of hydrogen-bond acceptors (Lipinski definition) is 3.